The van der Waals surface area contributed by atoms with E-state index >= 15 is 0 Å². The second-order valence-corrected chi connectivity index (χ2v) is 7.92. The molecule has 1 aliphatic carbocycles. The highest BCUT2D eigenvalue weighted by Gasteiger charge is 2.31. The van der Waals surface area contributed by atoms with Gasteiger partial charge in [0, 0.05) is 12.1 Å². The Morgan fingerprint density at radius 2 is 1.87 bits per heavy atom. The molecule has 0 aliphatic heterocycles. The number of halogens is 1. The fourth-order valence-corrected chi connectivity index (χ4v) is 4.00. The number of hydrogen-bond donors (Lipinski definition) is 0. The summed E-state index contributed by atoms with van der Waals surface area (Å²) in [5, 5.41) is 10.6. The number of alkyl halides is 1. The highest BCUT2D eigenvalue weighted by Crippen LogP contribution is 2.51. The van der Waals surface area contributed by atoms with Gasteiger partial charge in [0.15, 0.2) is 0 Å². The van der Waals surface area contributed by atoms with Crippen LogP contribution in [0.15, 0.2) is 24.3 Å². The summed E-state index contributed by atoms with van der Waals surface area (Å²) < 4.78 is 36.5. The lowest BCUT2D eigenvalue weighted by molar-refractivity contribution is -0.384. The smallest absolute Gasteiger partial charge is 0.379 e. The third-order valence-electron chi connectivity index (χ3n) is 4.00. The molecular weight excluding hydrogens is 324 g/mol. The molecular formula is C15H21FNO5P. The standard InChI is InChI=1S/C15H21FNO5P/c1-2-23(20,21-14-7-3-12(11-16)4-8-14)22-15-9-5-13(6-10-15)17(18)19/h5-6,9-10,12,14H,2-4,7-8,11H2,1H3. The average Bonchev–Trinajstić information content (AvgIpc) is 2.56. The van der Waals surface area contributed by atoms with Crippen molar-refractivity contribution < 1.29 is 22.9 Å². The van der Waals surface area contributed by atoms with Gasteiger partial charge in [-0.15, -0.1) is 0 Å². The number of nitro benzene ring substituents is 1. The summed E-state index contributed by atoms with van der Waals surface area (Å²) in [6.45, 7) is 1.39. The van der Waals surface area contributed by atoms with Crippen molar-refractivity contribution in [1.82, 2.24) is 0 Å². The number of hydrogen-bond acceptors (Lipinski definition) is 5. The van der Waals surface area contributed by atoms with E-state index in [1.54, 1.807) is 6.92 Å². The van der Waals surface area contributed by atoms with E-state index in [4.69, 9.17) is 9.05 Å². The summed E-state index contributed by atoms with van der Waals surface area (Å²) >= 11 is 0. The van der Waals surface area contributed by atoms with E-state index in [0.29, 0.717) is 12.8 Å². The number of non-ortho nitro benzene ring substituents is 1. The lowest BCUT2D eigenvalue weighted by Crippen LogP contribution is -2.22. The van der Waals surface area contributed by atoms with Gasteiger partial charge in [-0.2, -0.15) is 0 Å². The van der Waals surface area contributed by atoms with Gasteiger partial charge in [-0.1, -0.05) is 6.92 Å². The van der Waals surface area contributed by atoms with Crippen LogP contribution in [0.3, 0.4) is 0 Å². The largest absolute Gasteiger partial charge is 0.424 e. The van der Waals surface area contributed by atoms with E-state index in [0.717, 1.165) is 12.8 Å². The molecule has 0 spiro atoms. The number of nitro groups is 1. The summed E-state index contributed by atoms with van der Waals surface area (Å²) in [5.41, 5.74) is -0.0610. The minimum atomic E-state index is -3.32. The highest BCUT2D eigenvalue weighted by molar-refractivity contribution is 7.54. The minimum Gasteiger partial charge on any atom is -0.424 e. The Hall–Kier alpha value is -1.46. The fourth-order valence-electron chi connectivity index (χ4n) is 2.57. The lowest BCUT2D eigenvalue weighted by Gasteiger charge is -2.29. The van der Waals surface area contributed by atoms with Crippen LogP contribution in [0.2, 0.25) is 0 Å². The molecule has 0 amide bonds. The van der Waals surface area contributed by atoms with Crippen molar-refractivity contribution in [2.75, 3.05) is 12.8 Å². The van der Waals surface area contributed by atoms with Gasteiger partial charge in [-0.05, 0) is 43.7 Å². The Bertz CT molecular complexity index is 572. The zero-order valence-electron chi connectivity index (χ0n) is 13.0. The molecule has 0 radical (unpaired) electrons. The first-order chi connectivity index (χ1) is 11.0. The first kappa shape index (κ1) is 17.9. The van der Waals surface area contributed by atoms with Gasteiger partial charge in [-0.3, -0.25) is 19.0 Å². The van der Waals surface area contributed by atoms with Gasteiger partial charge in [0.05, 0.1) is 23.9 Å². The SMILES string of the molecule is CCP(=O)(Oc1ccc([N+](=O)[O-])cc1)OC1CCC(CF)CC1. The molecule has 1 saturated carbocycles. The maximum absolute atomic E-state index is 12.7. The van der Waals surface area contributed by atoms with Crippen molar-refractivity contribution in [3.05, 3.63) is 34.4 Å². The molecule has 6 nitrogen and oxygen atoms in total. The van der Waals surface area contributed by atoms with Crippen molar-refractivity contribution >= 4 is 13.3 Å². The first-order valence-electron chi connectivity index (χ1n) is 7.73. The summed E-state index contributed by atoms with van der Waals surface area (Å²) in [4.78, 5) is 10.1. The van der Waals surface area contributed by atoms with Crippen LogP contribution in [0.25, 0.3) is 0 Å². The maximum Gasteiger partial charge on any atom is 0.379 e. The molecule has 1 aromatic rings. The van der Waals surface area contributed by atoms with Crippen molar-refractivity contribution in [2.45, 2.75) is 38.7 Å². The van der Waals surface area contributed by atoms with Gasteiger partial charge in [0.25, 0.3) is 5.69 Å². The molecule has 1 aliphatic rings. The molecule has 0 N–H and O–H groups in total. The summed E-state index contributed by atoms with van der Waals surface area (Å²) in [5.74, 6) is 0.352. The van der Waals surface area contributed by atoms with Crippen LogP contribution in [0.4, 0.5) is 10.1 Å². The molecule has 0 saturated heterocycles. The second-order valence-electron chi connectivity index (χ2n) is 5.67. The normalized spacial score (nSPS) is 23.9. The topological polar surface area (TPSA) is 78.7 Å². The monoisotopic (exact) mass is 345 g/mol. The van der Waals surface area contributed by atoms with Gasteiger partial charge < -0.3 is 4.52 Å². The van der Waals surface area contributed by atoms with E-state index in [9.17, 15) is 19.1 Å². The maximum atomic E-state index is 12.7. The molecule has 128 valence electrons. The number of nitrogens with zero attached hydrogens (tertiary/aromatic N) is 1. The summed E-state index contributed by atoms with van der Waals surface area (Å²) in [7, 11) is -3.32. The Balaban J connectivity index is 1.97. The van der Waals surface area contributed by atoms with E-state index in [1.165, 1.54) is 24.3 Å². The van der Waals surface area contributed by atoms with Gasteiger partial charge in [0.1, 0.15) is 5.75 Å². The number of benzene rings is 1. The van der Waals surface area contributed by atoms with Crippen LogP contribution in [0.5, 0.6) is 5.75 Å². The first-order valence-corrected chi connectivity index (χ1v) is 9.46. The van der Waals surface area contributed by atoms with Crippen molar-refractivity contribution in [2.24, 2.45) is 5.92 Å². The average molecular weight is 345 g/mol. The quantitative estimate of drug-likeness (QED) is 0.405. The third kappa shape index (κ3) is 5.01. The third-order valence-corrected chi connectivity index (χ3v) is 5.88. The fraction of sp³-hybridized carbons (Fsp3) is 0.600. The number of rotatable bonds is 7. The van der Waals surface area contributed by atoms with Crippen LogP contribution in [0, 0.1) is 16.0 Å². The molecule has 8 heteroatoms. The van der Waals surface area contributed by atoms with E-state index < -0.39 is 12.5 Å². The highest BCUT2D eigenvalue weighted by atomic mass is 31.2. The Morgan fingerprint density at radius 1 is 1.26 bits per heavy atom. The molecule has 23 heavy (non-hydrogen) atoms. The van der Waals surface area contributed by atoms with Crippen LogP contribution < -0.4 is 4.52 Å². The molecule has 0 aromatic heterocycles. The van der Waals surface area contributed by atoms with Gasteiger partial charge in [0.2, 0.25) is 0 Å². The molecule has 0 heterocycles. The molecule has 1 atom stereocenters. The predicted molar refractivity (Wildman–Crippen MR) is 84.7 cm³/mol. The van der Waals surface area contributed by atoms with E-state index in [1.807, 2.05) is 0 Å². The molecule has 0 bridgehead atoms. The van der Waals surface area contributed by atoms with Crippen LogP contribution >= 0.6 is 7.60 Å². The summed E-state index contributed by atoms with van der Waals surface area (Å²) in [6.07, 6.45) is 2.80. The van der Waals surface area contributed by atoms with Gasteiger partial charge in [-0.25, -0.2) is 4.57 Å². The molecule has 1 aromatic carbocycles. The Kier molecular flexibility index (Phi) is 6.13. The lowest BCUT2D eigenvalue weighted by atomic mass is 9.88. The Morgan fingerprint density at radius 3 is 2.35 bits per heavy atom. The van der Waals surface area contributed by atoms with E-state index in [-0.39, 0.29) is 36.3 Å². The summed E-state index contributed by atoms with van der Waals surface area (Å²) in [6, 6.07) is 5.40. The van der Waals surface area contributed by atoms with Crippen molar-refractivity contribution in [3.63, 3.8) is 0 Å². The molecule has 1 fully saturated rings. The van der Waals surface area contributed by atoms with E-state index in [2.05, 4.69) is 0 Å². The molecule has 2 rings (SSSR count). The van der Waals surface area contributed by atoms with Crippen LogP contribution in [0.1, 0.15) is 32.6 Å². The minimum absolute atomic E-state index is 0.0610. The molecule has 1 unspecified atom stereocenters. The van der Waals surface area contributed by atoms with Crippen LogP contribution in [-0.2, 0) is 9.09 Å². The zero-order chi connectivity index (χ0) is 16.9. The second kappa shape index (κ2) is 7.88. The van der Waals surface area contributed by atoms with Gasteiger partial charge >= 0.3 is 7.60 Å². The Labute approximate surface area is 134 Å². The van der Waals surface area contributed by atoms with Crippen molar-refractivity contribution in [1.29, 1.82) is 0 Å². The zero-order valence-corrected chi connectivity index (χ0v) is 13.9. The van der Waals surface area contributed by atoms with Crippen LogP contribution in [-0.4, -0.2) is 23.9 Å². The van der Waals surface area contributed by atoms with Crippen molar-refractivity contribution in [3.8, 4) is 5.75 Å². The predicted octanol–water partition coefficient (Wildman–Crippen LogP) is 4.73.